The second kappa shape index (κ2) is 16.1. The first kappa shape index (κ1) is 40.1. The first-order chi connectivity index (χ1) is 22.6. The maximum absolute atomic E-state index is 12.8. The van der Waals surface area contributed by atoms with Gasteiger partial charge < -0.3 is 41.0 Å². The summed E-state index contributed by atoms with van der Waals surface area (Å²) in [5.41, 5.74) is 7.31. The molecule has 6 N–H and O–H groups in total. The van der Waals surface area contributed by atoms with Crippen molar-refractivity contribution in [3.8, 4) is 11.5 Å². The fraction of sp³-hybridized carbons (Fsp3) is 0.0606. The summed E-state index contributed by atoms with van der Waals surface area (Å²) in [6, 6.07) is 17.6. The van der Waals surface area contributed by atoms with Crippen molar-refractivity contribution in [1.29, 1.82) is 0 Å². The van der Waals surface area contributed by atoms with Crippen LogP contribution in [0.15, 0.2) is 94.0 Å². The Hall–Kier alpha value is -4.32. The number of nitrogens with two attached hydrogens (primary N) is 1. The number of amides is 2. The molecule has 0 radical (unpaired) electrons. The van der Waals surface area contributed by atoms with E-state index in [0.29, 0.717) is 22.4 Å². The number of benzene rings is 5. The van der Waals surface area contributed by atoms with Crippen LogP contribution in [-0.2, 0) is 10.1 Å². The number of aromatic carboxylic acids is 1. The number of hydrogen-bond acceptors (Lipinski definition) is 12. The van der Waals surface area contributed by atoms with Gasteiger partial charge in [0.2, 0.25) is 0 Å². The molecule has 5 aromatic rings. The molecule has 50 heavy (non-hydrogen) atoms. The Balaban J connectivity index is 0.00000338. The molecular weight excluding hydrogens is 688 g/mol. The number of carboxylic acid groups (broad SMARTS) is 1. The molecule has 244 valence electrons. The molecular formula is C33H25N5Na2O9S. The molecule has 0 aliphatic heterocycles. The zero-order valence-electron chi connectivity index (χ0n) is 27.1. The summed E-state index contributed by atoms with van der Waals surface area (Å²) in [6.07, 6.45) is 0. The van der Waals surface area contributed by atoms with Gasteiger partial charge in [0.1, 0.15) is 21.6 Å². The Morgan fingerprint density at radius 1 is 0.760 bits per heavy atom. The van der Waals surface area contributed by atoms with Gasteiger partial charge in [-0.25, -0.2) is 8.42 Å². The Labute approximate surface area is 329 Å². The van der Waals surface area contributed by atoms with Crippen LogP contribution in [0.3, 0.4) is 0 Å². The number of fused-ring (bicyclic) bond motifs is 1. The van der Waals surface area contributed by atoms with Crippen LogP contribution in [0.25, 0.3) is 10.8 Å². The van der Waals surface area contributed by atoms with Crippen LogP contribution in [0.4, 0.5) is 28.4 Å². The van der Waals surface area contributed by atoms with E-state index in [-0.39, 0.29) is 92.5 Å². The van der Waals surface area contributed by atoms with Crippen molar-refractivity contribution >= 4 is 67.1 Å². The average Bonchev–Trinajstić information content (AvgIpc) is 3.02. The van der Waals surface area contributed by atoms with Gasteiger partial charge in [-0.3, -0.25) is 9.59 Å². The van der Waals surface area contributed by atoms with Gasteiger partial charge in [-0.05, 0) is 109 Å². The third-order valence-corrected chi connectivity index (χ3v) is 8.15. The van der Waals surface area contributed by atoms with E-state index in [0.717, 1.165) is 18.2 Å². The molecule has 0 heterocycles. The zero-order valence-corrected chi connectivity index (χ0v) is 32.0. The van der Waals surface area contributed by atoms with Crippen LogP contribution in [0.5, 0.6) is 11.5 Å². The topological polar surface area (TPSA) is 247 Å². The van der Waals surface area contributed by atoms with Crippen molar-refractivity contribution in [1.82, 2.24) is 0 Å². The number of hydrogen-bond donors (Lipinski definition) is 5. The molecule has 0 fully saturated rings. The Morgan fingerprint density at radius 3 is 1.92 bits per heavy atom. The number of carboxylic acids is 1. The summed E-state index contributed by atoms with van der Waals surface area (Å²) < 4.78 is 36.7. The van der Waals surface area contributed by atoms with Gasteiger partial charge in [0.05, 0.1) is 16.6 Å². The minimum absolute atomic E-state index is 0. The van der Waals surface area contributed by atoms with E-state index in [4.69, 9.17) is 5.73 Å². The first-order valence-corrected chi connectivity index (χ1v) is 15.3. The van der Waals surface area contributed by atoms with Crippen molar-refractivity contribution in [2.45, 2.75) is 18.7 Å². The van der Waals surface area contributed by atoms with E-state index in [9.17, 15) is 42.7 Å². The molecule has 14 nitrogen and oxygen atoms in total. The van der Waals surface area contributed by atoms with Gasteiger partial charge in [0, 0.05) is 39.1 Å². The van der Waals surface area contributed by atoms with E-state index >= 15 is 0 Å². The summed E-state index contributed by atoms with van der Waals surface area (Å²) in [7, 11) is -5.18. The summed E-state index contributed by atoms with van der Waals surface area (Å²) >= 11 is 0. The summed E-state index contributed by atoms with van der Waals surface area (Å²) in [4.78, 5) is 35.8. The van der Waals surface area contributed by atoms with Crippen LogP contribution in [-0.4, -0.2) is 41.0 Å². The Morgan fingerprint density at radius 2 is 1.34 bits per heavy atom. The van der Waals surface area contributed by atoms with Gasteiger partial charge >= 0.3 is 59.1 Å². The molecule has 0 spiro atoms. The number of nitrogens with one attached hydrogen (secondary N) is 2. The maximum atomic E-state index is 12.8. The van der Waals surface area contributed by atoms with Crippen LogP contribution >= 0.6 is 0 Å². The smallest absolute Gasteiger partial charge is 0.744 e. The van der Waals surface area contributed by atoms with Crippen molar-refractivity contribution < 1.29 is 102 Å². The average molecular weight is 714 g/mol. The van der Waals surface area contributed by atoms with Gasteiger partial charge in [-0.2, -0.15) is 5.11 Å². The number of phenolic OH excluding ortho intramolecular Hbond substituents is 1. The van der Waals surface area contributed by atoms with Crippen molar-refractivity contribution in [3.05, 3.63) is 107 Å². The Bertz CT molecular complexity index is 2320. The van der Waals surface area contributed by atoms with E-state index in [1.54, 1.807) is 32.0 Å². The normalized spacial score (nSPS) is 11.0. The third kappa shape index (κ3) is 8.88. The van der Waals surface area contributed by atoms with Crippen LogP contribution in [0, 0.1) is 13.8 Å². The number of aromatic hydroxyl groups is 2. The van der Waals surface area contributed by atoms with Crippen LogP contribution < -0.4 is 80.6 Å². The number of nitrogen functional groups attached to an aromatic ring is 1. The van der Waals surface area contributed by atoms with E-state index in [1.165, 1.54) is 42.5 Å². The number of carbonyl (C=O) groups excluding carboxylic acids is 3. The predicted molar refractivity (Wildman–Crippen MR) is 173 cm³/mol. The monoisotopic (exact) mass is 713 g/mol. The largest absolute Gasteiger partial charge is 1.00 e. The fourth-order valence-corrected chi connectivity index (χ4v) is 5.38. The summed E-state index contributed by atoms with van der Waals surface area (Å²) in [5, 5.41) is 45.1. The fourth-order valence-electron chi connectivity index (χ4n) is 4.73. The molecule has 17 heteroatoms. The first-order valence-electron chi connectivity index (χ1n) is 13.9. The van der Waals surface area contributed by atoms with E-state index in [2.05, 4.69) is 20.9 Å². The minimum atomic E-state index is -5.18. The van der Waals surface area contributed by atoms with Gasteiger partial charge in [-0.15, -0.1) is 5.11 Å². The predicted octanol–water partition coefficient (Wildman–Crippen LogP) is -1.35. The number of carbonyl (C=O) groups is 3. The molecule has 2 amide bonds. The standard InChI is InChI=1S/C33H27N5O9S.2Na/c1-16-11-18(3-8-25(16)34)31(41)35-21-5-7-23-20(13-21)14-28(48(45,46)47)29(30(23)40)38-37-26-9-4-19(12-17(26)2)32(42)36-22-6-10-27(39)24(15-22)33(43)44;;/h3-15,39-40H,34H2,1-2H3,(H,35,41)(H,36,42)(H,43,44)(H,45,46,47);;/q;2*+1/p-2. The van der Waals surface area contributed by atoms with Crippen molar-refractivity contribution in [2.75, 3.05) is 16.4 Å². The van der Waals surface area contributed by atoms with Gasteiger partial charge in [-0.1, -0.05) is 0 Å². The number of rotatable bonds is 8. The summed E-state index contributed by atoms with van der Waals surface area (Å²) in [6.45, 7) is 3.33. The SMILES string of the molecule is Cc1cc(C(=O)Nc2ccc3c(O)c(N=Nc4ccc(C(=O)Nc5ccc(O)c(C(=O)[O-])c5)cc4C)c(S(=O)(=O)[O-])cc3c2)ccc1N.[Na+].[Na+]. The molecule has 0 saturated carbocycles. The number of phenols is 2. The molecule has 0 saturated heterocycles. The van der Waals surface area contributed by atoms with Crippen LogP contribution in [0.2, 0.25) is 0 Å². The third-order valence-electron chi connectivity index (χ3n) is 7.30. The quantitative estimate of drug-likeness (QED) is 0.0416. The number of aryl methyl sites for hydroxylation is 2. The zero-order chi connectivity index (χ0) is 34.9. The molecule has 0 aromatic heterocycles. The Kier molecular flexibility index (Phi) is 12.9. The minimum Gasteiger partial charge on any atom is -0.744 e. The molecule has 5 rings (SSSR count). The molecule has 0 atom stereocenters. The number of nitrogens with zero attached hydrogens (tertiary/aromatic N) is 2. The van der Waals surface area contributed by atoms with E-state index < -0.39 is 55.5 Å². The summed E-state index contributed by atoms with van der Waals surface area (Å²) in [5.74, 6) is -3.88. The van der Waals surface area contributed by atoms with Crippen molar-refractivity contribution in [2.24, 2.45) is 10.2 Å². The molecule has 0 bridgehead atoms. The molecule has 5 aromatic carbocycles. The van der Waals surface area contributed by atoms with Gasteiger partial charge in [0.15, 0.2) is 5.75 Å². The molecule has 0 aliphatic rings. The second-order valence-corrected chi connectivity index (χ2v) is 12.0. The van der Waals surface area contributed by atoms with Crippen LogP contribution in [0.1, 0.15) is 42.2 Å². The molecule has 0 aliphatic carbocycles. The van der Waals surface area contributed by atoms with Gasteiger partial charge in [0.25, 0.3) is 11.8 Å². The molecule has 0 unspecified atom stereocenters. The number of anilines is 3. The number of azo groups is 1. The maximum Gasteiger partial charge on any atom is 1.00 e. The van der Waals surface area contributed by atoms with Crippen molar-refractivity contribution in [3.63, 3.8) is 0 Å². The van der Waals surface area contributed by atoms with E-state index in [1.807, 2.05) is 0 Å². The second-order valence-electron chi connectivity index (χ2n) is 10.7.